The van der Waals surface area contributed by atoms with Gasteiger partial charge < -0.3 is 15.4 Å². The summed E-state index contributed by atoms with van der Waals surface area (Å²) in [6.45, 7) is 7.94. The van der Waals surface area contributed by atoms with Crippen LogP contribution >= 0.6 is 0 Å². The summed E-state index contributed by atoms with van der Waals surface area (Å²) in [5.41, 5.74) is 7.64. The third-order valence-corrected chi connectivity index (χ3v) is 2.95. The molecule has 0 amide bonds. The summed E-state index contributed by atoms with van der Waals surface area (Å²) in [6.07, 6.45) is 0.450. The summed E-state index contributed by atoms with van der Waals surface area (Å²) in [4.78, 5) is 2.07. The Morgan fingerprint density at radius 2 is 2.16 bits per heavy atom. The van der Waals surface area contributed by atoms with Crippen LogP contribution in [0, 0.1) is 18.3 Å². The lowest BCUT2D eigenvalue weighted by Crippen LogP contribution is -2.31. The van der Waals surface area contributed by atoms with Gasteiger partial charge in [0, 0.05) is 26.2 Å². The first kappa shape index (κ1) is 15.3. The Labute approximate surface area is 114 Å². The number of methoxy groups -OCH3 is 1. The predicted molar refractivity (Wildman–Crippen MR) is 76.1 cm³/mol. The number of nitrogen functional groups attached to an aromatic ring is 1. The lowest BCUT2D eigenvalue weighted by atomic mass is 10.3. The van der Waals surface area contributed by atoms with E-state index in [1.54, 1.807) is 7.11 Å². The number of ether oxygens (including phenoxy) is 1. The molecule has 6 heteroatoms. The lowest BCUT2D eigenvalue weighted by molar-refractivity contribution is 0.205. The molecule has 1 heterocycles. The summed E-state index contributed by atoms with van der Waals surface area (Å²) in [7, 11) is 1.66. The van der Waals surface area contributed by atoms with E-state index in [1.807, 2.05) is 11.6 Å². The molecule has 0 aromatic carbocycles. The Kier molecular flexibility index (Phi) is 5.64. The van der Waals surface area contributed by atoms with Crippen LogP contribution in [-0.4, -0.2) is 36.6 Å². The number of hydrogen-bond donors (Lipinski definition) is 1. The summed E-state index contributed by atoms with van der Waals surface area (Å²) < 4.78 is 7.04. The first-order valence-corrected chi connectivity index (χ1v) is 6.48. The van der Waals surface area contributed by atoms with E-state index in [1.165, 1.54) is 0 Å². The molecule has 0 saturated heterocycles. The minimum absolute atomic E-state index is 0.220. The number of nitriles is 1. The van der Waals surface area contributed by atoms with Crippen LogP contribution in [0.1, 0.15) is 32.0 Å². The first-order chi connectivity index (χ1) is 9.02. The van der Waals surface area contributed by atoms with Crippen molar-refractivity contribution in [2.24, 2.45) is 0 Å². The number of aromatic nitrogens is 2. The molecular formula is C13H23N5O. The van der Waals surface area contributed by atoms with Gasteiger partial charge in [-0.3, -0.25) is 0 Å². The van der Waals surface area contributed by atoms with E-state index < -0.39 is 0 Å². The van der Waals surface area contributed by atoms with E-state index in [2.05, 4.69) is 29.9 Å². The van der Waals surface area contributed by atoms with Crippen molar-refractivity contribution >= 4 is 11.5 Å². The van der Waals surface area contributed by atoms with Crippen LogP contribution in [0.25, 0.3) is 0 Å². The highest BCUT2D eigenvalue weighted by Gasteiger charge is 2.20. The molecule has 0 spiro atoms. The summed E-state index contributed by atoms with van der Waals surface area (Å²) >= 11 is 0. The molecule has 0 atom stereocenters. The summed E-state index contributed by atoms with van der Waals surface area (Å²) in [6, 6.07) is 2.39. The van der Waals surface area contributed by atoms with Gasteiger partial charge in [0.25, 0.3) is 0 Å². The van der Waals surface area contributed by atoms with Gasteiger partial charge in [-0.05, 0) is 20.8 Å². The average molecular weight is 265 g/mol. The number of nitrogens with two attached hydrogens (primary N) is 1. The Bertz CT molecular complexity index is 447. The molecule has 0 saturated carbocycles. The van der Waals surface area contributed by atoms with Crippen molar-refractivity contribution in [3.05, 3.63) is 5.69 Å². The van der Waals surface area contributed by atoms with Crippen molar-refractivity contribution in [2.75, 3.05) is 37.4 Å². The maximum atomic E-state index is 8.78. The fourth-order valence-corrected chi connectivity index (χ4v) is 1.93. The Balaban J connectivity index is 3.09. The van der Waals surface area contributed by atoms with Crippen molar-refractivity contribution in [2.45, 2.75) is 33.2 Å². The molecule has 0 bridgehead atoms. The first-order valence-electron chi connectivity index (χ1n) is 6.48. The number of nitrogens with zero attached hydrogens (tertiary/aromatic N) is 4. The van der Waals surface area contributed by atoms with E-state index in [0.717, 1.165) is 11.5 Å². The molecule has 1 aromatic rings. The van der Waals surface area contributed by atoms with Gasteiger partial charge in [-0.15, -0.1) is 0 Å². The van der Waals surface area contributed by atoms with E-state index in [-0.39, 0.29) is 6.04 Å². The second-order valence-corrected chi connectivity index (χ2v) is 4.75. The number of hydrogen-bond acceptors (Lipinski definition) is 5. The third kappa shape index (κ3) is 3.61. The highest BCUT2D eigenvalue weighted by atomic mass is 16.5. The third-order valence-electron chi connectivity index (χ3n) is 2.95. The maximum Gasteiger partial charge on any atom is 0.151 e. The molecule has 0 aliphatic carbocycles. The Hall–Kier alpha value is -1.74. The monoisotopic (exact) mass is 265 g/mol. The normalized spacial score (nSPS) is 10.7. The van der Waals surface area contributed by atoms with Gasteiger partial charge in [0.15, 0.2) is 5.82 Å². The van der Waals surface area contributed by atoms with Crippen molar-refractivity contribution in [3.63, 3.8) is 0 Å². The number of rotatable bonds is 7. The molecule has 0 fully saturated rings. The highest BCUT2D eigenvalue weighted by Crippen LogP contribution is 2.29. The van der Waals surface area contributed by atoms with Crippen LogP contribution in [0.2, 0.25) is 0 Å². The van der Waals surface area contributed by atoms with Crippen molar-refractivity contribution in [1.29, 1.82) is 5.26 Å². The quantitative estimate of drug-likeness (QED) is 0.812. The highest BCUT2D eigenvalue weighted by molar-refractivity contribution is 5.66. The molecule has 19 heavy (non-hydrogen) atoms. The molecule has 0 aliphatic rings. The SMILES string of the molecule is COCCN(CCC#N)c1c(N)c(C)nn1C(C)C. The van der Waals surface area contributed by atoms with Crippen molar-refractivity contribution in [3.8, 4) is 6.07 Å². The molecule has 0 aliphatic heterocycles. The second-order valence-electron chi connectivity index (χ2n) is 4.75. The molecular weight excluding hydrogens is 242 g/mol. The van der Waals surface area contributed by atoms with Crippen molar-refractivity contribution in [1.82, 2.24) is 9.78 Å². The molecule has 106 valence electrons. The zero-order chi connectivity index (χ0) is 14.4. The van der Waals surface area contributed by atoms with Crippen LogP contribution in [0.15, 0.2) is 0 Å². The number of anilines is 2. The maximum absolute atomic E-state index is 8.78. The molecule has 0 radical (unpaired) electrons. The lowest BCUT2D eigenvalue weighted by Gasteiger charge is -2.26. The zero-order valence-electron chi connectivity index (χ0n) is 12.2. The van der Waals surface area contributed by atoms with Gasteiger partial charge in [-0.2, -0.15) is 10.4 Å². The summed E-state index contributed by atoms with van der Waals surface area (Å²) in [5, 5.41) is 13.3. The van der Waals surface area contributed by atoms with Gasteiger partial charge in [0.05, 0.1) is 30.5 Å². The summed E-state index contributed by atoms with van der Waals surface area (Å²) in [5.74, 6) is 0.889. The minimum atomic E-state index is 0.220. The van der Waals surface area contributed by atoms with E-state index in [4.69, 9.17) is 15.7 Å². The van der Waals surface area contributed by atoms with E-state index in [9.17, 15) is 0 Å². The second kappa shape index (κ2) is 7.00. The molecule has 0 unspecified atom stereocenters. The largest absolute Gasteiger partial charge is 0.394 e. The topological polar surface area (TPSA) is 80.1 Å². The van der Waals surface area contributed by atoms with Crippen molar-refractivity contribution < 1.29 is 4.74 Å². The molecule has 1 rings (SSSR count). The van der Waals surface area contributed by atoms with Gasteiger partial charge >= 0.3 is 0 Å². The predicted octanol–water partition coefficient (Wildman–Crippen LogP) is 1.72. The van der Waals surface area contributed by atoms with E-state index in [0.29, 0.717) is 31.8 Å². The number of aryl methyl sites for hydroxylation is 1. The molecule has 2 N–H and O–H groups in total. The van der Waals surface area contributed by atoms with Gasteiger partial charge in [-0.1, -0.05) is 0 Å². The standard InChI is InChI=1S/C13H23N5O/c1-10(2)18-13(12(15)11(3)16-18)17(7-5-6-14)8-9-19-4/h10H,5,7-9,15H2,1-4H3. The van der Waals surface area contributed by atoms with Crippen LogP contribution in [-0.2, 0) is 4.74 Å². The smallest absolute Gasteiger partial charge is 0.151 e. The zero-order valence-corrected chi connectivity index (χ0v) is 12.2. The Morgan fingerprint density at radius 3 is 2.68 bits per heavy atom. The average Bonchev–Trinajstić information content (AvgIpc) is 2.67. The van der Waals surface area contributed by atoms with Gasteiger partial charge in [0.1, 0.15) is 0 Å². The minimum Gasteiger partial charge on any atom is -0.394 e. The van der Waals surface area contributed by atoms with Crippen LogP contribution in [0.3, 0.4) is 0 Å². The van der Waals surface area contributed by atoms with Crippen LogP contribution < -0.4 is 10.6 Å². The van der Waals surface area contributed by atoms with Crippen LogP contribution in [0.4, 0.5) is 11.5 Å². The van der Waals surface area contributed by atoms with E-state index >= 15 is 0 Å². The fraction of sp³-hybridized carbons (Fsp3) is 0.692. The molecule has 6 nitrogen and oxygen atoms in total. The van der Waals surface area contributed by atoms with Gasteiger partial charge in [-0.25, -0.2) is 4.68 Å². The Morgan fingerprint density at radius 1 is 1.47 bits per heavy atom. The van der Waals surface area contributed by atoms with Gasteiger partial charge in [0.2, 0.25) is 0 Å². The fourth-order valence-electron chi connectivity index (χ4n) is 1.93. The molecule has 1 aromatic heterocycles. The van der Waals surface area contributed by atoms with Crippen LogP contribution in [0.5, 0.6) is 0 Å².